The SMILES string of the molecule is CC1(C)CN(C(CN)c2cc(F)c(F)cc2F)CCO1. The molecule has 0 aromatic heterocycles. The number of nitrogens with zero attached hydrogens (tertiary/aromatic N) is 1. The summed E-state index contributed by atoms with van der Waals surface area (Å²) < 4.78 is 45.8. The Morgan fingerprint density at radius 1 is 1.25 bits per heavy atom. The number of halogens is 3. The normalized spacial score (nSPS) is 20.9. The Bertz CT molecular complexity index is 494. The predicted octanol–water partition coefficient (Wildman–Crippen LogP) is 2.21. The standard InChI is InChI=1S/C14H19F3N2O/c1-14(2)8-19(3-4-20-14)13(7-18)9-5-11(16)12(17)6-10(9)15/h5-6,13H,3-4,7-8,18H2,1-2H3. The fourth-order valence-corrected chi connectivity index (χ4v) is 2.59. The number of morpholine rings is 1. The van der Waals surface area contributed by atoms with E-state index in [9.17, 15) is 13.2 Å². The van der Waals surface area contributed by atoms with E-state index in [0.29, 0.717) is 25.8 Å². The van der Waals surface area contributed by atoms with E-state index in [1.165, 1.54) is 0 Å². The molecule has 1 unspecified atom stereocenters. The molecule has 2 N–H and O–H groups in total. The maximum atomic E-state index is 13.9. The summed E-state index contributed by atoms with van der Waals surface area (Å²) in [6.45, 7) is 5.59. The van der Waals surface area contributed by atoms with Gasteiger partial charge in [-0.3, -0.25) is 4.90 Å². The maximum absolute atomic E-state index is 13.9. The molecular weight excluding hydrogens is 269 g/mol. The van der Waals surface area contributed by atoms with Crippen LogP contribution in [0, 0.1) is 17.5 Å². The van der Waals surface area contributed by atoms with Gasteiger partial charge in [0.25, 0.3) is 0 Å². The molecule has 6 heteroatoms. The minimum Gasteiger partial charge on any atom is -0.373 e. The third-order valence-electron chi connectivity index (χ3n) is 3.52. The highest BCUT2D eigenvalue weighted by molar-refractivity contribution is 5.24. The van der Waals surface area contributed by atoms with Crippen LogP contribution in [-0.4, -0.2) is 36.7 Å². The van der Waals surface area contributed by atoms with E-state index in [0.717, 1.165) is 6.07 Å². The first kappa shape index (κ1) is 15.3. The lowest BCUT2D eigenvalue weighted by Crippen LogP contribution is -2.51. The van der Waals surface area contributed by atoms with Crippen molar-refractivity contribution in [2.45, 2.75) is 25.5 Å². The van der Waals surface area contributed by atoms with Gasteiger partial charge < -0.3 is 10.5 Å². The van der Waals surface area contributed by atoms with Crippen molar-refractivity contribution >= 4 is 0 Å². The molecule has 0 radical (unpaired) electrons. The van der Waals surface area contributed by atoms with Gasteiger partial charge in [-0.25, -0.2) is 13.2 Å². The Morgan fingerprint density at radius 2 is 1.90 bits per heavy atom. The minimum absolute atomic E-state index is 0.0871. The van der Waals surface area contributed by atoms with Gasteiger partial charge in [0.05, 0.1) is 18.2 Å². The summed E-state index contributed by atoms with van der Waals surface area (Å²) in [7, 11) is 0. The molecule has 0 amide bonds. The third kappa shape index (κ3) is 3.13. The van der Waals surface area contributed by atoms with E-state index in [-0.39, 0.29) is 17.7 Å². The average Bonchev–Trinajstić information content (AvgIpc) is 2.35. The zero-order valence-electron chi connectivity index (χ0n) is 11.6. The summed E-state index contributed by atoms with van der Waals surface area (Å²) in [6.07, 6.45) is 0. The topological polar surface area (TPSA) is 38.5 Å². The summed E-state index contributed by atoms with van der Waals surface area (Å²) in [5.74, 6) is -3.03. The molecule has 1 aliphatic heterocycles. The van der Waals surface area contributed by atoms with Crippen molar-refractivity contribution in [1.82, 2.24) is 4.90 Å². The first-order valence-corrected chi connectivity index (χ1v) is 6.56. The molecule has 1 atom stereocenters. The summed E-state index contributed by atoms with van der Waals surface area (Å²) in [5, 5.41) is 0. The first-order valence-electron chi connectivity index (χ1n) is 6.56. The quantitative estimate of drug-likeness (QED) is 0.867. The molecule has 0 saturated carbocycles. The Kier molecular flexibility index (Phi) is 4.36. The van der Waals surface area contributed by atoms with E-state index in [1.54, 1.807) is 0 Å². The molecule has 1 heterocycles. The van der Waals surface area contributed by atoms with Gasteiger partial charge in [-0.15, -0.1) is 0 Å². The molecule has 1 aliphatic rings. The van der Waals surface area contributed by atoms with Gasteiger partial charge in [0.2, 0.25) is 0 Å². The fourth-order valence-electron chi connectivity index (χ4n) is 2.59. The van der Waals surface area contributed by atoms with Crippen LogP contribution in [-0.2, 0) is 4.74 Å². The van der Waals surface area contributed by atoms with Gasteiger partial charge in [-0.1, -0.05) is 0 Å². The Hall–Kier alpha value is -1.11. The molecule has 0 spiro atoms. The second-order valence-corrected chi connectivity index (χ2v) is 5.62. The van der Waals surface area contributed by atoms with Gasteiger partial charge in [-0.05, 0) is 19.9 Å². The second kappa shape index (κ2) is 5.71. The van der Waals surface area contributed by atoms with Crippen LogP contribution in [0.2, 0.25) is 0 Å². The molecule has 1 aromatic rings. The smallest absolute Gasteiger partial charge is 0.161 e. The fraction of sp³-hybridized carbons (Fsp3) is 0.571. The van der Waals surface area contributed by atoms with Gasteiger partial charge in [0.15, 0.2) is 11.6 Å². The monoisotopic (exact) mass is 288 g/mol. The van der Waals surface area contributed by atoms with E-state index in [2.05, 4.69) is 0 Å². The van der Waals surface area contributed by atoms with Crippen LogP contribution in [0.5, 0.6) is 0 Å². The van der Waals surface area contributed by atoms with Gasteiger partial charge in [0.1, 0.15) is 5.82 Å². The lowest BCUT2D eigenvalue weighted by molar-refractivity contribution is -0.0970. The van der Waals surface area contributed by atoms with Gasteiger partial charge in [-0.2, -0.15) is 0 Å². The Morgan fingerprint density at radius 3 is 2.50 bits per heavy atom. The van der Waals surface area contributed by atoms with Gasteiger partial charge in [0, 0.05) is 31.3 Å². The number of nitrogens with two attached hydrogens (primary N) is 1. The van der Waals surface area contributed by atoms with Crippen molar-refractivity contribution in [3.63, 3.8) is 0 Å². The highest BCUT2D eigenvalue weighted by Gasteiger charge is 2.32. The summed E-state index contributed by atoms with van der Waals surface area (Å²) in [6, 6.07) is 0.970. The van der Waals surface area contributed by atoms with Crippen LogP contribution in [0.25, 0.3) is 0 Å². The summed E-state index contributed by atoms with van der Waals surface area (Å²) >= 11 is 0. The second-order valence-electron chi connectivity index (χ2n) is 5.62. The number of hydrogen-bond acceptors (Lipinski definition) is 3. The Labute approximate surface area is 116 Å². The maximum Gasteiger partial charge on any atom is 0.161 e. The molecule has 20 heavy (non-hydrogen) atoms. The van der Waals surface area contributed by atoms with Crippen LogP contribution in [0.15, 0.2) is 12.1 Å². The summed E-state index contributed by atoms with van der Waals surface area (Å²) in [4.78, 5) is 1.94. The molecule has 3 nitrogen and oxygen atoms in total. The molecule has 0 bridgehead atoms. The third-order valence-corrected chi connectivity index (χ3v) is 3.52. The first-order chi connectivity index (χ1) is 9.34. The lowest BCUT2D eigenvalue weighted by atomic mass is 10.00. The van der Waals surface area contributed by atoms with Crippen LogP contribution in [0.3, 0.4) is 0 Å². The molecule has 1 fully saturated rings. The van der Waals surface area contributed by atoms with Crippen molar-refractivity contribution in [3.05, 3.63) is 35.1 Å². The van der Waals surface area contributed by atoms with Crippen molar-refractivity contribution in [2.75, 3.05) is 26.2 Å². The number of hydrogen-bond donors (Lipinski definition) is 1. The number of rotatable bonds is 3. The zero-order chi connectivity index (χ0) is 14.9. The van der Waals surface area contributed by atoms with E-state index >= 15 is 0 Å². The molecule has 1 saturated heterocycles. The van der Waals surface area contributed by atoms with Crippen molar-refractivity contribution < 1.29 is 17.9 Å². The minimum atomic E-state index is -1.19. The number of ether oxygens (including phenoxy) is 1. The Balaban J connectivity index is 2.30. The van der Waals surface area contributed by atoms with Crippen LogP contribution < -0.4 is 5.73 Å². The number of benzene rings is 1. The largest absolute Gasteiger partial charge is 0.373 e. The highest BCUT2D eigenvalue weighted by Crippen LogP contribution is 2.28. The zero-order valence-corrected chi connectivity index (χ0v) is 11.6. The molecule has 112 valence electrons. The van der Waals surface area contributed by atoms with Crippen molar-refractivity contribution in [1.29, 1.82) is 0 Å². The predicted molar refractivity (Wildman–Crippen MR) is 69.7 cm³/mol. The molecule has 0 aliphatic carbocycles. The molecule has 2 rings (SSSR count). The summed E-state index contributed by atoms with van der Waals surface area (Å²) in [5.41, 5.74) is 5.43. The van der Waals surface area contributed by atoms with Crippen LogP contribution >= 0.6 is 0 Å². The van der Waals surface area contributed by atoms with Gasteiger partial charge >= 0.3 is 0 Å². The van der Waals surface area contributed by atoms with E-state index in [4.69, 9.17) is 10.5 Å². The lowest BCUT2D eigenvalue weighted by Gasteiger charge is -2.42. The van der Waals surface area contributed by atoms with Crippen molar-refractivity contribution in [3.8, 4) is 0 Å². The molecule has 1 aromatic carbocycles. The molecular formula is C14H19F3N2O. The van der Waals surface area contributed by atoms with Crippen LogP contribution in [0.1, 0.15) is 25.5 Å². The average molecular weight is 288 g/mol. The van der Waals surface area contributed by atoms with E-state index in [1.807, 2.05) is 18.7 Å². The van der Waals surface area contributed by atoms with E-state index < -0.39 is 23.5 Å². The highest BCUT2D eigenvalue weighted by atomic mass is 19.2. The van der Waals surface area contributed by atoms with Crippen molar-refractivity contribution in [2.24, 2.45) is 5.73 Å². The van der Waals surface area contributed by atoms with Crippen LogP contribution in [0.4, 0.5) is 13.2 Å².